The lowest BCUT2D eigenvalue weighted by atomic mass is 10.1. The van der Waals surface area contributed by atoms with Crippen LogP contribution in [-0.2, 0) is 0 Å². The Morgan fingerprint density at radius 2 is 2.03 bits per heavy atom. The van der Waals surface area contributed by atoms with E-state index in [1.54, 1.807) is 12.4 Å². The van der Waals surface area contributed by atoms with Gasteiger partial charge in [-0.2, -0.15) is 0 Å². The van der Waals surface area contributed by atoms with Gasteiger partial charge in [-0.1, -0.05) is 17.1 Å². The first-order valence-corrected chi connectivity index (χ1v) is 9.85. The lowest BCUT2D eigenvalue weighted by Gasteiger charge is -2.19. The third-order valence-electron chi connectivity index (χ3n) is 5.65. The fraction of sp³-hybridized carbons (Fsp3) is 0.238. The normalized spacial score (nSPS) is 14.9. The number of carbonyl (C=O) groups excluding carboxylic acids is 1. The summed E-state index contributed by atoms with van der Waals surface area (Å²) in [7, 11) is 0. The van der Waals surface area contributed by atoms with Gasteiger partial charge in [-0.15, -0.1) is 0 Å². The number of aromatic nitrogens is 4. The predicted molar refractivity (Wildman–Crippen MR) is 112 cm³/mol. The van der Waals surface area contributed by atoms with Crippen molar-refractivity contribution >= 4 is 39.5 Å². The number of halogens is 2. The fourth-order valence-corrected chi connectivity index (χ4v) is 3.90. The third kappa shape index (κ3) is 3.39. The number of H-pyrrole nitrogens is 2. The molecule has 10 heteroatoms. The van der Waals surface area contributed by atoms with Gasteiger partial charge < -0.3 is 16.0 Å². The van der Waals surface area contributed by atoms with E-state index in [0.29, 0.717) is 28.2 Å². The highest BCUT2D eigenvalue weighted by molar-refractivity contribution is 6.18. The van der Waals surface area contributed by atoms with Crippen molar-refractivity contribution in [2.45, 2.75) is 25.3 Å². The first kappa shape index (κ1) is 19.2. The second-order valence-electron chi connectivity index (χ2n) is 7.75. The lowest BCUT2D eigenvalue weighted by molar-refractivity contribution is -0.363. The monoisotopic (exact) mass is 424 g/mol. The van der Waals surface area contributed by atoms with Crippen molar-refractivity contribution in [1.29, 1.82) is 0 Å². The Morgan fingerprint density at radius 1 is 1.23 bits per heavy atom. The average Bonchev–Trinajstić information content (AvgIpc) is 3.50. The highest BCUT2D eigenvalue weighted by Crippen LogP contribution is 2.39. The Morgan fingerprint density at radius 3 is 2.68 bits per heavy atom. The molecule has 5 rings (SSSR count). The molecule has 3 heterocycles. The molecule has 1 aliphatic rings. The highest BCUT2D eigenvalue weighted by atomic mass is 19.3. The zero-order chi connectivity index (χ0) is 21.7. The summed E-state index contributed by atoms with van der Waals surface area (Å²) in [6, 6.07) is 4.63. The van der Waals surface area contributed by atoms with Crippen LogP contribution in [0.15, 0.2) is 36.8 Å². The van der Waals surface area contributed by atoms with Gasteiger partial charge in [0.1, 0.15) is 12.0 Å². The van der Waals surface area contributed by atoms with Crippen LogP contribution in [0, 0.1) is 5.92 Å². The highest BCUT2D eigenvalue weighted by Gasteiger charge is 2.38. The number of aromatic amines is 2. The van der Waals surface area contributed by atoms with E-state index >= 15 is 0 Å². The number of benzene rings is 1. The van der Waals surface area contributed by atoms with Crippen molar-refractivity contribution < 1.29 is 18.6 Å². The molecule has 8 nitrogen and oxygen atoms in total. The number of fused-ring (bicyclic) bond motifs is 3. The number of pyridine rings is 1. The minimum atomic E-state index is -2.52. The van der Waals surface area contributed by atoms with E-state index in [9.17, 15) is 13.6 Å². The first-order valence-electron chi connectivity index (χ1n) is 9.85. The molecule has 1 fully saturated rings. The van der Waals surface area contributed by atoms with Crippen LogP contribution >= 0.6 is 0 Å². The number of rotatable bonds is 6. The summed E-state index contributed by atoms with van der Waals surface area (Å²) in [5.74, 6) is -0.134. The number of hydrogen-bond donors (Lipinski definition) is 4. The van der Waals surface area contributed by atoms with E-state index in [-0.39, 0.29) is 11.5 Å². The van der Waals surface area contributed by atoms with Gasteiger partial charge in [0.25, 0.3) is 12.3 Å². The second kappa shape index (κ2) is 7.15. The van der Waals surface area contributed by atoms with Crippen LogP contribution in [-0.4, -0.2) is 33.3 Å². The van der Waals surface area contributed by atoms with E-state index in [1.807, 2.05) is 18.2 Å². The quantitative estimate of drug-likeness (QED) is 0.377. The number of amides is 1. The molecule has 0 saturated heterocycles. The molecule has 0 spiro atoms. The van der Waals surface area contributed by atoms with Crippen molar-refractivity contribution in [2.75, 3.05) is 11.1 Å². The molecular formula is C21H20F2N7O+. The summed E-state index contributed by atoms with van der Waals surface area (Å²) >= 11 is 0. The van der Waals surface area contributed by atoms with Gasteiger partial charge in [-0.05, 0) is 30.4 Å². The second-order valence-corrected chi connectivity index (χ2v) is 7.75. The van der Waals surface area contributed by atoms with Gasteiger partial charge in [0.05, 0.1) is 28.7 Å². The van der Waals surface area contributed by atoms with Gasteiger partial charge in [-0.25, -0.2) is 18.7 Å². The molecule has 1 atom stereocenters. The number of primary amides is 1. The number of alkyl halides is 2. The van der Waals surface area contributed by atoms with Crippen LogP contribution < -0.4 is 21.8 Å². The van der Waals surface area contributed by atoms with Crippen LogP contribution in [0.4, 0.5) is 20.5 Å². The zero-order valence-electron chi connectivity index (χ0n) is 16.3. The van der Waals surface area contributed by atoms with Crippen LogP contribution in [0.3, 0.4) is 0 Å². The number of nitrogen functional groups attached to an aromatic ring is 1. The largest absolute Gasteiger partial charge is 0.386 e. The number of nitrogens with two attached hydrogens (primary N) is 2. The first-order chi connectivity index (χ1) is 14.9. The Labute approximate surface area is 175 Å². The average molecular weight is 424 g/mol. The van der Waals surface area contributed by atoms with E-state index in [1.165, 1.54) is 6.20 Å². The molecule has 3 aromatic heterocycles. The molecule has 1 saturated carbocycles. The maximum atomic E-state index is 13.6. The molecule has 7 N–H and O–H groups in total. The third-order valence-corrected chi connectivity index (χ3v) is 5.65. The van der Waals surface area contributed by atoms with Crippen LogP contribution in [0.2, 0.25) is 0 Å². The Bertz CT molecular complexity index is 1300. The molecular weight excluding hydrogens is 404 g/mol. The Kier molecular flexibility index (Phi) is 4.42. The Balaban J connectivity index is 1.68. The molecule has 158 valence electrons. The van der Waals surface area contributed by atoms with Crippen molar-refractivity contribution in [3.05, 3.63) is 42.4 Å². The summed E-state index contributed by atoms with van der Waals surface area (Å²) in [4.78, 5) is 26.4. The summed E-state index contributed by atoms with van der Waals surface area (Å²) in [6.45, 7) is 0. The van der Waals surface area contributed by atoms with Crippen molar-refractivity contribution in [1.82, 2.24) is 15.0 Å². The van der Waals surface area contributed by atoms with E-state index < -0.39 is 18.4 Å². The van der Waals surface area contributed by atoms with Gasteiger partial charge in [0.2, 0.25) is 0 Å². The van der Waals surface area contributed by atoms with Crippen LogP contribution in [0.25, 0.3) is 32.9 Å². The summed E-state index contributed by atoms with van der Waals surface area (Å²) in [5.41, 5.74) is 14.2. The molecule has 4 aromatic rings. The van der Waals surface area contributed by atoms with E-state index in [4.69, 9.17) is 11.5 Å². The number of carbonyl (C=O) groups is 1. The summed E-state index contributed by atoms with van der Waals surface area (Å²) < 4.78 is 27.2. The van der Waals surface area contributed by atoms with Crippen molar-refractivity contribution in [3.8, 4) is 11.1 Å². The maximum Gasteiger partial charge on any atom is 0.386 e. The van der Waals surface area contributed by atoms with Gasteiger partial charge in [0.15, 0.2) is 0 Å². The predicted octanol–water partition coefficient (Wildman–Crippen LogP) is 2.73. The zero-order valence-corrected chi connectivity index (χ0v) is 16.3. The molecule has 1 aromatic carbocycles. The van der Waals surface area contributed by atoms with E-state index in [0.717, 1.165) is 29.4 Å². The van der Waals surface area contributed by atoms with Crippen LogP contribution in [0.1, 0.15) is 23.2 Å². The van der Waals surface area contributed by atoms with Crippen molar-refractivity contribution in [3.63, 3.8) is 0 Å². The number of anilines is 2. The number of nitrogens with zero attached hydrogens (tertiary/aromatic N) is 2. The molecule has 1 unspecified atom stereocenters. The minimum absolute atomic E-state index is 0.0845. The molecule has 0 aliphatic heterocycles. The molecule has 0 radical (unpaired) electrons. The molecule has 1 amide bonds. The molecule has 0 bridgehead atoms. The molecule has 1 aliphatic carbocycles. The standard InChI is InChI=1S/C21H19F2N7O/c22-18(23)16(9-1-2-9)30-20-15-12-4-3-10(11-6-27-21(25)28-7-11)5-14(12)29-17(15)13(8-26-20)19(24)31/h3-9,16,18,29H,1-2H2,(H2,24,31)(H,26,30)(H2,25,27,28)/p+1. The SMILES string of the molecule is NC(=O)c1cnc(NC(C(F)F)C2CC2)c2c1[nH]c1cc(-c3cnc(N)[nH+]c3)ccc12. The number of nitrogens with one attached hydrogen (secondary N) is 3. The smallest absolute Gasteiger partial charge is 0.365 e. The van der Waals surface area contributed by atoms with Crippen LogP contribution in [0.5, 0.6) is 0 Å². The Hall–Kier alpha value is -3.82. The fourth-order valence-electron chi connectivity index (χ4n) is 3.90. The van der Waals surface area contributed by atoms with Gasteiger partial charge in [0, 0.05) is 22.7 Å². The lowest BCUT2D eigenvalue weighted by Crippen LogP contribution is -2.30. The summed E-state index contributed by atoms with van der Waals surface area (Å²) in [5, 5.41) is 4.22. The summed E-state index contributed by atoms with van der Waals surface area (Å²) in [6.07, 6.45) is 3.69. The number of hydrogen-bond acceptors (Lipinski definition) is 5. The molecule has 31 heavy (non-hydrogen) atoms. The van der Waals surface area contributed by atoms with E-state index in [2.05, 4.69) is 25.3 Å². The van der Waals surface area contributed by atoms with Crippen molar-refractivity contribution in [2.24, 2.45) is 11.7 Å². The maximum absolute atomic E-state index is 13.6. The van der Waals surface area contributed by atoms with Gasteiger partial charge in [-0.3, -0.25) is 10.5 Å². The minimum Gasteiger partial charge on any atom is -0.365 e. The topological polar surface area (TPSA) is 137 Å². The van der Waals surface area contributed by atoms with Gasteiger partial charge >= 0.3 is 5.95 Å².